The number of benzene rings is 8. The summed E-state index contributed by atoms with van der Waals surface area (Å²) in [5.74, 6) is 0. The molecule has 8 aromatic carbocycles. The van der Waals surface area contributed by atoms with Crippen LogP contribution in [-0.2, 0) is 5.41 Å². The van der Waals surface area contributed by atoms with Crippen molar-refractivity contribution in [3.05, 3.63) is 205 Å². The lowest BCUT2D eigenvalue weighted by Crippen LogP contribution is -2.13. The molecule has 0 atom stereocenters. The van der Waals surface area contributed by atoms with Crippen molar-refractivity contribution in [2.75, 3.05) is 9.80 Å². The number of nitrogens with zero attached hydrogens (tertiary/aromatic N) is 2. The first-order valence-corrected chi connectivity index (χ1v) is 18.0. The fraction of sp³-hybridized carbons (Fsp3) is 0.0800. The first-order valence-electron chi connectivity index (χ1n) is 18.0. The maximum Gasteiger partial charge on any atom is 0.0540 e. The van der Waals surface area contributed by atoms with Gasteiger partial charge in [0.15, 0.2) is 0 Å². The lowest BCUT2D eigenvalue weighted by Gasteiger charge is -2.28. The van der Waals surface area contributed by atoms with Gasteiger partial charge in [0.1, 0.15) is 0 Å². The summed E-state index contributed by atoms with van der Waals surface area (Å²) >= 11 is 0. The first kappa shape index (κ1) is 32.8. The summed E-state index contributed by atoms with van der Waals surface area (Å²) < 4.78 is 0. The van der Waals surface area contributed by atoms with Crippen LogP contribution in [0.5, 0.6) is 0 Å². The minimum atomic E-state index is 0.0929. The number of hydrogen-bond acceptors (Lipinski definition) is 2. The largest absolute Gasteiger partial charge is 0.310 e. The molecule has 0 radical (unpaired) electrons. The highest BCUT2D eigenvalue weighted by molar-refractivity contribution is 5.99. The Morgan fingerprint density at radius 2 is 0.846 bits per heavy atom. The molecule has 0 spiro atoms. The zero-order valence-electron chi connectivity index (χ0n) is 29.9. The third kappa shape index (κ3) is 6.84. The Kier molecular flexibility index (Phi) is 8.89. The second kappa shape index (κ2) is 14.1. The molecule has 8 aromatic rings. The van der Waals surface area contributed by atoms with E-state index < -0.39 is 0 Å². The van der Waals surface area contributed by atoms with Gasteiger partial charge in [-0.3, -0.25) is 0 Å². The fourth-order valence-corrected chi connectivity index (χ4v) is 6.94. The Morgan fingerprint density at radius 3 is 1.48 bits per heavy atom. The van der Waals surface area contributed by atoms with Crippen molar-refractivity contribution >= 4 is 67.8 Å². The summed E-state index contributed by atoms with van der Waals surface area (Å²) in [6, 6.07) is 67.6. The Hall–Kier alpha value is -6.38. The molecule has 0 fully saturated rings. The maximum absolute atomic E-state index is 2.37. The molecule has 0 aromatic heterocycles. The van der Waals surface area contributed by atoms with Crippen LogP contribution < -0.4 is 9.80 Å². The highest BCUT2D eigenvalue weighted by atomic mass is 15.1. The van der Waals surface area contributed by atoms with Gasteiger partial charge >= 0.3 is 0 Å². The topological polar surface area (TPSA) is 6.48 Å². The fourth-order valence-electron chi connectivity index (χ4n) is 6.94. The minimum absolute atomic E-state index is 0.0929. The van der Waals surface area contributed by atoms with Gasteiger partial charge in [0, 0.05) is 33.8 Å². The second-order valence-electron chi connectivity index (χ2n) is 14.3. The van der Waals surface area contributed by atoms with E-state index in [-0.39, 0.29) is 5.41 Å². The van der Waals surface area contributed by atoms with Crippen molar-refractivity contribution in [1.29, 1.82) is 0 Å². The Bertz CT molecular complexity index is 2470. The van der Waals surface area contributed by atoms with Crippen molar-refractivity contribution in [2.45, 2.75) is 26.2 Å². The molecule has 2 heteroatoms. The molecule has 0 saturated carbocycles. The standard InChI is InChI=1S/C50H42N2/c1-50(2,3)42-27-34-46(35-28-42)52(49-19-11-15-40-13-9-10-18-48(40)49)45-31-24-38(25-32-45)21-20-37-22-29-44(30-23-37)51(43-16-5-4-6-17-43)47-33-26-39-12-7-8-14-41(39)36-47/h4-36H,1-3H3/b21-20+. The molecule has 52 heavy (non-hydrogen) atoms. The van der Waals surface area contributed by atoms with E-state index in [0.717, 1.165) is 39.6 Å². The van der Waals surface area contributed by atoms with E-state index in [1.54, 1.807) is 0 Å². The third-order valence-corrected chi connectivity index (χ3v) is 9.78. The second-order valence-corrected chi connectivity index (χ2v) is 14.3. The van der Waals surface area contributed by atoms with Gasteiger partial charge in [-0.15, -0.1) is 0 Å². The van der Waals surface area contributed by atoms with Crippen LogP contribution in [0, 0.1) is 0 Å². The average Bonchev–Trinajstić information content (AvgIpc) is 3.19. The van der Waals surface area contributed by atoms with Crippen molar-refractivity contribution < 1.29 is 0 Å². The van der Waals surface area contributed by atoms with E-state index in [2.05, 4.69) is 231 Å². The maximum atomic E-state index is 2.37. The monoisotopic (exact) mass is 670 g/mol. The number of anilines is 6. The van der Waals surface area contributed by atoms with E-state index in [1.165, 1.54) is 32.8 Å². The number of para-hydroxylation sites is 1. The van der Waals surface area contributed by atoms with E-state index in [1.807, 2.05) is 0 Å². The van der Waals surface area contributed by atoms with Gasteiger partial charge in [0.2, 0.25) is 0 Å². The van der Waals surface area contributed by atoms with Gasteiger partial charge in [0.25, 0.3) is 0 Å². The smallest absolute Gasteiger partial charge is 0.0540 e. The van der Waals surface area contributed by atoms with Crippen molar-refractivity contribution in [3.63, 3.8) is 0 Å². The molecule has 0 amide bonds. The van der Waals surface area contributed by atoms with Crippen molar-refractivity contribution in [2.24, 2.45) is 0 Å². The highest BCUT2D eigenvalue weighted by Crippen LogP contribution is 2.40. The van der Waals surface area contributed by atoms with Crippen LogP contribution in [0.3, 0.4) is 0 Å². The van der Waals surface area contributed by atoms with Crippen LogP contribution in [-0.4, -0.2) is 0 Å². The minimum Gasteiger partial charge on any atom is -0.310 e. The Morgan fingerprint density at radius 1 is 0.365 bits per heavy atom. The molecular formula is C50H42N2. The number of rotatable bonds is 8. The molecule has 0 bridgehead atoms. The van der Waals surface area contributed by atoms with Gasteiger partial charge < -0.3 is 9.80 Å². The molecule has 0 unspecified atom stereocenters. The van der Waals surface area contributed by atoms with Gasteiger partial charge in [-0.25, -0.2) is 0 Å². The average molecular weight is 671 g/mol. The van der Waals surface area contributed by atoms with Gasteiger partial charge in [-0.1, -0.05) is 154 Å². The lowest BCUT2D eigenvalue weighted by atomic mass is 9.87. The molecule has 0 aliphatic carbocycles. The Balaban J connectivity index is 1.08. The summed E-state index contributed by atoms with van der Waals surface area (Å²) in [7, 11) is 0. The molecule has 0 saturated heterocycles. The SMILES string of the molecule is CC(C)(C)c1ccc(N(c2ccc(/C=C/c3ccc(N(c4ccccc4)c4ccc5ccccc5c4)cc3)cc2)c2cccc3ccccc23)cc1. The molecule has 0 heterocycles. The van der Waals surface area contributed by atoms with Crippen LogP contribution in [0.2, 0.25) is 0 Å². The predicted octanol–water partition coefficient (Wildman–Crippen LogP) is 14.4. The summed E-state index contributed by atoms with van der Waals surface area (Å²) in [5, 5.41) is 4.92. The zero-order valence-corrected chi connectivity index (χ0v) is 29.9. The summed E-state index contributed by atoms with van der Waals surface area (Å²) in [5.41, 5.74) is 10.5. The van der Waals surface area contributed by atoms with Gasteiger partial charge in [0.05, 0.1) is 5.69 Å². The first-order chi connectivity index (χ1) is 25.4. The Labute approximate surface area is 307 Å². The van der Waals surface area contributed by atoms with Crippen LogP contribution >= 0.6 is 0 Å². The van der Waals surface area contributed by atoms with Gasteiger partial charge in [-0.05, 0) is 105 Å². The molecule has 8 rings (SSSR count). The van der Waals surface area contributed by atoms with E-state index in [0.29, 0.717) is 0 Å². The van der Waals surface area contributed by atoms with Crippen molar-refractivity contribution in [3.8, 4) is 0 Å². The summed E-state index contributed by atoms with van der Waals surface area (Å²) in [6.07, 6.45) is 4.38. The normalized spacial score (nSPS) is 11.7. The number of hydrogen-bond donors (Lipinski definition) is 0. The number of fused-ring (bicyclic) bond motifs is 2. The van der Waals surface area contributed by atoms with E-state index in [4.69, 9.17) is 0 Å². The van der Waals surface area contributed by atoms with Gasteiger partial charge in [-0.2, -0.15) is 0 Å². The predicted molar refractivity (Wildman–Crippen MR) is 225 cm³/mol. The zero-order chi connectivity index (χ0) is 35.5. The van der Waals surface area contributed by atoms with Crippen molar-refractivity contribution in [1.82, 2.24) is 0 Å². The van der Waals surface area contributed by atoms with E-state index >= 15 is 0 Å². The van der Waals surface area contributed by atoms with Crippen LogP contribution in [0.4, 0.5) is 34.1 Å². The summed E-state index contributed by atoms with van der Waals surface area (Å²) in [6.45, 7) is 6.78. The molecule has 0 N–H and O–H groups in total. The van der Waals surface area contributed by atoms with Crippen LogP contribution in [0.15, 0.2) is 188 Å². The summed E-state index contributed by atoms with van der Waals surface area (Å²) in [4.78, 5) is 4.69. The molecule has 0 aliphatic heterocycles. The van der Waals surface area contributed by atoms with E-state index in [9.17, 15) is 0 Å². The van der Waals surface area contributed by atoms with Crippen LogP contribution in [0.1, 0.15) is 37.5 Å². The molecule has 0 aliphatic rings. The third-order valence-electron chi connectivity index (χ3n) is 9.78. The highest BCUT2D eigenvalue weighted by Gasteiger charge is 2.18. The molecule has 2 nitrogen and oxygen atoms in total. The quantitative estimate of drug-likeness (QED) is 0.148. The molecule has 252 valence electrons. The molecular weight excluding hydrogens is 629 g/mol. The lowest BCUT2D eigenvalue weighted by molar-refractivity contribution is 0.590. The van der Waals surface area contributed by atoms with Crippen LogP contribution in [0.25, 0.3) is 33.7 Å².